The second-order valence-electron chi connectivity index (χ2n) is 8.07. The van der Waals surface area contributed by atoms with Gasteiger partial charge in [0, 0.05) is 29.3 Å². The van der Waals surface area contributed by atoms with Crippen molar-refractivity contribution < 1.29 is 45.3 Å². The molecule has 188 valence electrons. The molecule has 1 aromatic carbocycles. The molecule has 0 spiro atoms. The number of nitrogens with one attached hydrogen (secondary N) is 1. The number of nitrogens with zero attached hydrogens (tertiary/aromatic N) is 1. The number of aliphatic hydroxyl groups excluding tert-OH is 1. The predicted molar refractivity (Wildman–Crippen MR) is 111 cm³/mol. The highest BCUT2D eigenvalue weighted by Gasteiger charge is 2.65. The van der Waals surface area contributed by atoms with Gasteiger partial charge in [-0.2, -0.15) is 26.3 Å². The number of aryl methyl sites for hydroxylation is 1. The number of benzene rings is 1. The Labute approximate surface area is 198 Å². The van der Waals surface area contributed by atoms with Crippen molar-refractivity contribution in [2.75, 3.05) is 5.32 Å². The molecule has 5 nitrogen and oxygen atoms in total. The molecule has 2 heterocycles. The van der Waals surface area contributed by atoms with Crippen molar-refractivity contribution in [3.63, 3.8) is 0 Å². The second kappa shape index (κ2) is 9.50. The summed E-state index contributed by atoms with van der Waals surface area (Å²) in [6, 6.07) is 2.88. The Morgan fingerprint density at radius 1 is 1.26 bits per heavy atom. The van der Waals surface area contributed by atoms with Crippen LogP contribution in [0.1, 0.15) is 30.9 Å². The molecule has 1 aliphatic rings. The van der Waals surface area contributed by atoms with Crippen LogP contribution in [0, 0.1) is 24.5 Å². The van der Waals surface area contributed by atoms with E-state index in [1.54, 1.807) is 6.92 Å². The van der Waals surface area contributed by atoms with E-state index in [0.717, 1.165) is 19.9 Å². The number of hydrogen-bond acceptors (Lipinski definition) is 5. The third-order valence-electron chi connectivity index (χ3n) is 6.04. The number of anilines is 1. The first-order valence-electron chi connectivity index (χ1n) is 9.91. The van der Waals surface area contributed by atoms with Crippen LogP contribution in [0.4, 0.5) is 36.4 Å². The van der Waals surface area contributed by atoms with E-state index < -0.39 is 65.5 Å². The molecule has 5 atom stereocenters. The van der Waals surface area contributed by atoms with Gasteiger partial charge in [0.2, 0.25) is 5.82 Å². The van der Waals surface area contributed by atoms with E-state index in [-0.39, 0.29) is 0 Å². The van der Waals surface area contributed by atoms with Crippen molar-refractivity contribution in [1.82, 2.24) is 4.98 Å². The van der Waals surface area contributed by atoms with Gasteiger partial charge in [0.25, 0.3) is 0 Å². The zero-order valence-electron chi connectivity index (χ0n) is 17.9. The molecule has 0 aliphatic carbocycles. The molecule has 0 saturated carbocycles. The predicted octanol–water partition coefficient (Wildman–Crippen LogP) is 5.90. The van der Waals surface area contributed by atoms with Gasteiger partial charge < -0.3 is 19.9 Å². The number of halogens is 8. The Kier molecular flexibility index (Phi) is 7.40. The lowest BCUT2D eigenvalue weighted by molar-refractivity contribution is -0.278. The summed E-state index contributed by atoms with van der Waals surface area (Å²) in [5.74, 6) is -7.62. The Balaban J connectivity index is 2.12. The number of aromatic nitrogens is 1. The summed E-state index contributed by atoms with van der Waals surface area (Å²) in [6.07, 6.45) is -7.06. The zero-order valence-corrected chi connectivity index (χ0v) is 19.5. The smallest absolute Gasteiger partial charge is 0.417 e. The number of aliphatic hydroxyl groups is 1. The van der Waals surface area contributed by atoms with Crippen LogP contribution < -0.4 is 10.1 Å². The van der Waals surface area contributed by atoms with Crippen LogP contribution >= 0.6 is 15.9 Å². The van der Waals surface area contributed by atoms with Crippen molar-refractivity contribution >= 4 is 21.6 Å². The lowest BCUT2D eigenvalue weighted by Gasteiger charge is -2.32. The fourth-order valence-corrected chi connectivity index (χ4v) is 4.37. The first-order chi connectivity index (χ1) is 15.7. The average Bonchev–Trinajstić information content (AvgIpc) is 3.00. The largest absolute Gasteiger partial charge is 0.431 e. The van der Waals surface area contributed by atoms with Gasteiger partial charge in [0.15, 0.2) is 23.4 Å². The van der Waals surface area contributed by atoms with Gasteiger partial charge in [0.05, 0.1) is 0 Å². The van der Waals surface area contributed by atoms with E-state index >= 15 is 0 Å². The van der Waals surface area contributed by atoms with E-state index in [9.17, 15) is 35.8 Å². The molecule has 34 heavy (non-hydrogen) atoms. The van der Waals surface area contributed by atoms with E-state index in [1.807, 2.05) is 0 Å². The quantitative estimate of drug-likeness (QED) is 0.261. The molecule has 0 amide bonds. The Bertz CT molecular complexity index is 1060. The maximum Gasteiger partial charge on any atom is 0.417 e. The highest BCUT2D eigenvalue weighted by atomic mass is 79.9. The molecule has 1 aliphatic heterocycles. The van der Waals surface area contributed by atoms with Crippen LogP contribution in [-0.4, -0.2) is 40.8 Å². The molecule has 0 radical (unpaired) electrons. The van der Waals surface area contributed by atoms with Crippen LogP contribution in [0.15, 0.2) is 29.0 Å². The third kappa shape index (κ3) is 4.82. The Morgan fingerprint density at radius 2 is 1.91 bits per heavy atom. The average molecular weight is 561 g/mol. The summed E-state index contributed by atoms with van der Waals surface area (Å²) >= 11 is 3.14. The van der Waals surface area contributed by atoms with Crippen molar-refractivity contribution in [2.45, 2.75) is 57.4 Å². The minimum absolute atomic E-state index is 0.291. The standard InChI is InChI=1S/C21H20BrF7N2O3/c1-8-7-30-13(22)6-12(8)31-18(32)17-14(9(2)20(3,34-17)21(27,28)29)10-4-5-11(23)15(24)16(10)33-19(25)26/h4-7,9,14,17-19,32H,1-3H3,(H,30,31)/t9-,14?,17?,18+,20+/m0/s1. The molecule has 2 N–H and O–H groups in total. The summed E-state index contributed by atoms with van der Waals surface area (Å²) in [4.78, 5) is 3.98. The van der Waals surface area contributed by atoms with Crippen LogP contribution in [0.3, 0.4) is 0 Å². The van der Waals surface area contributed by atoms with Crippen LogP contribution in [0.2, 0.25) is 0 Å². The van der Waals surface area contributed by atoms with Crippen LogP contribution in [0.5, 0.6) is 5.75 Å². The highest BCUT2D eigenvalue weighted by Crippen LogP contribution is 2.55. The number of pyridine rings is 1. The van der Waals surface area contributed by atoms with Gasteiger partial charge >= 0.3 is 12.8 Å². The second-order valence-corrected chi connectivity index (χ2v) is 8.88. The van der Waals surface area contributed by atoms with Gasteiger partial charge in [-0.25, -0.2) is 9.37 Å². The first-order valence-corrected chi connectivity index (χ1v) is 10.7. The van der Waals surface area contributed by atoms with Crippen molar-refractivity contribution in [2.24, 2.45) is 5.92 Å². The Hall–Kier alpha value is -2.12. The van der Waals surface area contributed by atoms with Crippen molar-refractivity contribution in [3.05, 3.63) is 51.8 Å². The lowest BCUT2D eigenvalue weighted by atomic mass is 9.76. The molecule has 0 bridgehead atoms. The first kappa shape index (κ1) is 26.5. The van der Waals surface area contributed by atoms with Crippen LogP contribution in [0.25, 0.3) is 0 Å². The van der Waals surface area contributed by atoms with E-state index in [4.69, 9.17) is 4.74 Å². The molecule has 2 unspecified atom stereocenters. The highest BCUT2D eigenvalue weighted by molar-refractivity contribution is 9.10. The van der Waals surface area contributed by atoms with E-state index in [1.165, 1.54) is 12.3 Å². The maximum atomic E-state index is 14.4. The number of alkyl halides is 5. The van der Waals surface area contributed by atoms with Gasteiger partial charge in [-0.1, -0.05) is 13.0 Å². The molecular weight excluding hydrogens is 541 g/mol. The summed E-state index contributed by atoms with van der Waals surface area (Å²) in [7, 11) is 0. The molecule has 3 rings (SSSR count). The third-order valence-corrected chi connectivity index (χ3v) is 6.47. The van der Waals surface area contributed by atoms with Gasteiger partial charge in [-0.05, 0) is 47.5 Å². The molecule has 13 heteroatoms. The minimum Gasteiger partial charge on any atom is -0.431 e. The fraction of sp³-hybridized carbons (Fsp3) is 0.476. The van der Waals surface area contributed by atoms with Gasteiger partial charge in [-0.3, -0.25) is 0 Å². The molecule has 1 fully saturated rings. The topological polar surface area (TPSA) is 63.6 Å². The molecule has 2 aromatic rings. The molecule has 1 saturated heterocycles. The zero-order chi connectivity index (χ0) is 25.6. The van der Waals surface area contributed by atoms with Crippen molar-refractivity contribution in [1.29, 1.82) is 0 Å². The molecular formula is C21H20BrF7N2O3. The van der Waals surface area contributed by atoms with Crippen LogP contribution in [-0.2, 0) is 4.74 Å². The van der Waals surface area contributed by atoms with Gasteiger partial charge in [0.1, 0.15) is 10.7 Å². The summed E-state index contributed by atoms with van der Waals surface area (Å²) in [6.45, 7) is -0.111. The maximum absolute atomic E-state index is 14.4. The summed E-state index contributed by atoms with van der Waals surface area (Å²) < 4.78 is 106. The normalized spacial score (nSPS) is 26.1. The minimum atomic E-state index is -4.95. The monoisotopic (exact) mass is 560 g/mol. The number of hydrogen-bond donors (Lipinski definition) is 2. The van der Waals surface area contributed by atoms with Crippen molar-refractivity contribution in [3.8, 4) is 5.75 Å². The SMILES string of the molecule is Cc1cnc(Br)cc1N[C@H](O)C1O[C@@](C)(C(F)(F)F)[C@@H](C)C1c1ccc(F)c(F)c1OC(F)F. The number of rotatable bonds is 6. The lowest BCUT2D eigenvalue weighted by Crippen LogP contribution is -2.47. The van der Waals surface area contributed by atoms with Gasteiger partial charge in [-0.15, -0.1) is 0 Å². The summed E-state index contributed by atoms with van der Waals surface area (Å²) in [5, 5.41) is 13.5. The molecule has 1 aromatic heterocycles. The Morgan fingerprint density at radius 3 is 2.50 bits per heavy atom. The van der Waals surface area contributed by atoms with E-state index in [0.29, 0.717) is 21.9 Å². The summed E-state index contributed by atoms with van der Waals surface area (Å²) in [5.41, 5.74) is -2.54. The fourth-order valence-electron chi connectivity index (χ4n) is 4.04. The number of ether oxygens (including phenoxy) is 2. The van der Waals surface area contributed by atoms with E-state index in [2.05, 4.69) is 31.0 Å².